The number of hydrogen-bond acceptors (Lipinski definition) is 7. The normalized spacial score (nSPS) is 11.7. The summed E-state index contributed by atoms with van der Waals surface area (Å²) in [6.45, 7) is 1.23. The summed E-state index contributed by atoms with van der Waals surface area (Å²) in [5.74, 6) is -1.26. The van der Waals surface area contributed by atoms with Crippen molar-refractivity contribution >= 4 is 39.1 Å². The first kappa shape index (κ1) is 38.0. The molecule has 0 aliphatic carbocycles. The van der Waals surface area contributed by atoms with Gasteiger partial charge in [-0.1, -0.05) is 73.5 Å². The maximum atomic E-state index is 15.2. The Morgan fingerprint density at radius 3 is 2.18 bits per heavy atom. The Labute approximate surface area is 297 Å². The van der Waals surface area contributed by atoms with Crippen LogP contribution in [0.4, 0.5) is 10.1 Å². The van der Waals surface area contributed by atoms with Crippen LogP contribution in [0.25, 0.3) is 0 Å². The third-order valence-electron chi connectivity index (χ3n) is 8.03. The third-order valence-corrected chi connectivity index (χ3v) is 10.0. The summed E-state index contributed by atoms with van der Waals surface area (Å²) in [4.78, 5) is 29.6. The highest BCUT2D eigenvalue weighted by Crippen LogP contribution is 2.37. The Morgan fingerprint density at radius 1 is 0.860 bits per heavy atom. The topological polar surface area (TPSA) is 114 Å². The van der Waals surface area contributed by atoms with Crippen LogP contribution in [0.2, 0.25) is 5.02 Å². The molecule has 0 spiro atoms. The lowest BCUT2D eigenvalue weighted by Crippen LogP contribution is -2.53. The van der Waals surface area contributed by atoms with Crippen molar-refractivity contribution in [2.45, 2.75) is 43.7 Å². The van der Waals surface area contributed by atoms with E-state index >= 15 is 4.39 Å². The number of halogens is 2. The van der Waals surface area contributed by atoms with Crippen LogP contribution in [-0.4, -0.2) is 65.6 Å². The molecule has 0 saturated carbocycles. The lowest BCUT2D eigenvalue weighted by Gasteiger charge is -2.34. The van der Waals surface area contributed by atoms with Crippen molar-refractivity contribution in [1.82, 2.24) is 10.2 Å². The fourth-order valence-electron chi connectivity index (χ4n) is 5.35. The molecular formula is C37H41ClFN3O7S. The summed E-state index contributed by atoms with van der Waals surface area (Å²) in [7, 11) is -0.410. The zero-order chi connectivity index (χ0) is 36.3. The Bertz CT molecular complexity index is 1880. The van der Waals surface area contributed by atoms with Crippen LogP contribution < -0.4 is 23.8 Å². The molecule has 10 nitrogen and oxygen atoms in total. The second kappa shape index (κ2) is 17.7. The molecule has 0 saturated heterocycles. The highest BCUT2D eigenvalue weighted by Gasteiger charge is 2.36. The van der Waals surface area contributed by atoms with E-state index < -0.39 is 40.2 Å². The van der Waals surface area contributed by atoms with Gasteiger partial charge in [-0.25, -0.2) is 12.8 Å². The van der Waals surface area contributed by atoms with E-state index in [1.165, 1.54) is 80.8 Å². The fraction of sp³-hybridized carbons (Fsp3) is 0.297. The molecule has 1 atom stereocenters. The van der Waals surface area contributed by atoms with Crippen LogP contribution >= 0.6 is 11.6 Å². The largest absolute Gasteiger partial charge is 0.495 e. The summed E-state index contributed by atoms with van der Waals surface area (Å²) in [5, 5.41) is 3.09. The van der Waals surface area contributed by atoms with Gasteiger partial charge in [-0.15, -0.1) is 0 Å². The van der Waals surface area contributed by atoms with E-state index in [1.807, 2.05) is 37.3 Å². The average Bonchev–Trinajstić information content (AvgIpc) is 3.12. The van der Waals surface area contributed by atoms with Crippen LogP contribution in [0, 0.1) is 5.82 Å². The van der Waals surface area contributed by atoms with E-state index in [2.05, 4.69) is 5.32 Å². The van der Waals surface area contributed by atoms with Crippen molar-refractivity contribution in [2.75, 3.05) is 38.7 Å². The number of methoxy groups -OCH3 is 3. The van der Waals surface area contributed by atoms with Crippen LogP contribution in [0.1, 0.15) is 30.9 Å². The van der Waals surface area contributed by atoms with Crippen LogP contribution in [0.3, 0.4) is 0 Å². The molecule has 0 aliphatic heterocycles. The van der Waals surface area contributed by atoms with Crippen molar-refractivity contribution in [3.05, 3.63) is 113 Å². The number of anilines is 1. The molecule has 4 aromatic rings. The minimum Gasteiger partial charge on any atom is -0.495 e. The molecule has 0 fully saturated rings. The Hall–Kier alpha value is -4.81. The van der Waals surface area contributed by atoms with E-state index in [0.29, 0.717) is 18.7 Å². The van der Waals surface area contributed by atoms with Gasteiger partial charge in [0.2, 0.25) is 11.8 Å². The second-order valence-electron chi connectivity index (χ2n) is 11.3. The Morgan fingerprint density at radius 2 is 1.52 bits per heavy atom. The van der Waals surface area contributed by atoms with Crippen LogP contribution in [0.5, 0.6) is 17.2 Å². The number of rotatable bonds is 17. The molecule has 4 aromatic carbocycles. The van der Waals surface area contributed by atoms with Gasteiger partial charge in [-0.3, -0.25) is 13.9 Å². The van der Waals surface area contributed by atoms with Crippen molar-refractivity contribution < 1.29 is 36.6 Å². The molecule has 4 rings (SSSR count). The third kappa shape index (κ3) is 9.25. The maximum Gasteiger partial charge on any atom is 0.265 e. The predicted octanol–water partition coefficient (Wildman–Crippen LogP) is 6.26. The number of benzene rings is 4. The lowest BCUT2D eigenvalue weighted by molar-refractivity contribution is -0.140. The zero-order valence-electron chi connectivity index (χ0n) is 28.4. The summed E-state index contributed by atoms with van der Waals surface area (Å²) >= 11 is 6.36. The predicted molar refractivity (Wildman–Crippen MR) is 191 cm³/mol. The van der Waals surface area contributed by atoms with E-state index in [1.54, 1.807) is 6.07 Å². The Balaban J connectivity index is 1.88. The SMILES string of the molecule is CCCCNC(=O)[C@@H](Cc1ccccc1)N(Cc1ccccc1F)C(=O)CN(c1cc(Cl)ccc1OC)S(=O)(=O)c1ccc(OC)c(OC)c1. The fourth-order valence-corrected chi connectivity index (χ4v) is 6.94. The summed E-state index contributed by atoms with van der Waals surface area (Å²) in [6, 6.07) is 22.3. The van der Waals surface area contributed by atoms with Crippen molar-refractivity contribution in [3.8, 4) is 17.2 Å². The second-order valence-corrected chi connectivity index (χ2v) is 13.6. The molecule has 2 amide bonds. The van der Waals surface area contributed by atoms with Crippen molar-refractivity contribution in [2.24, 2.45) is 0 Å². The number of amides is 2. The number of ether oxygens (including phenoxy) is 3. The molecule has 0 unspecified atom stereocenters. The molecule has 266 valence electrons. The molecule has 1 N–H and O–H groups in total. The minimum absolute atomic E-state index is 0.0269. The van der Waals surface area contributed by atoms with Gasteiger partial charge in [0.25, 0.3) is 10.0 Å². The molecule has 0 aromatic heterocycles. The van der Waals surface area contributed by atoms with Gasteiger partial charge in [0.15, 0.2) is 11.5 Å². The zero-order valence-corrected chi connectivity index (χ0v) is 30.0. The highest BCUT2D eigenvalue weighted by molar-refractivity contribution is 7.92. The van der Waals surface area contributed by atoms with E-state index in [9.17, 15) is 18.0 Å². The maximum absolute atomic E-state index is 15.2. The molecular weight excluding hydrogens is 685 g/mol. The highest BCUT2D eigenvalue weighted by atomic mass is 35.5. The smallest absolute Gasteiger partial charge is 0.265 e. The minimum atomic E-state index is -4.56. The lowest BCUT2D eigenvalue weighted by atomic mass is 10.0. The number of nitrogens with one attached hydrogen (secondary N) is 1. The van der Waals surface area contributed by atoms with Crippen molar-refractivity contribution in [1.29, 1.82) is 0 Å². The van der Waals surface area contributed by atoms with Gasteiger partial charge in [0.1, 0.15) is 24.2 Å². The monoisotopic (exact) mass is 725 g/mol. The van der Waals surface area contributed by atoms with Gasteiger partial charge in [-0.2, -0.15) is 0 Å². The summed E-state index contributed by atoms with van der Waals surface area (Å²) in [6.07, 6.45) is 1.62. The number of unbranched alkanes of at least 4 members (excludes halogenated alkanes) is 1. The van der Waals surface area contributed by atoms with Gasteiger partial charge in [0, 0.05) is 36.2 Å². The van der Waals surface area contributed by atoms with E-state index in [-0.39, 0.29) is 45.6 Å². The van der Waals surface area contributed by atoms with Crippen LogP contribution in [-0.2, 0) is 32.6 Å². The van der Waals surface area contributed by atoms with E-state index in [0.717, 1.165) is 16.3 Å². The van der Waals surface area contributed by atoms with Gasteiger partial charge >= 0.3 is 0 Å². The first-order valence-corrected chi connectivity index (χ1v) is 17.8. The summed E-state index contributed by atoms with van der Waals surface area (Å²) in [5.41, 5.74) is 0.872. The van der Waals surface area contributed by atoms with Gasteiger partial charge < -0.3 is 24.4 Å². The Kier molecular flexibility index (Phi) is 13.5. The number of hydrogen-bond donors (Lipinski definition) is 1. The quantitative estimate of drug-likeness (QED) is 0.128. The number of carbonyl (C=O) groups excluding carboxylic acids is 2. The molecule has 50 heavy (non-hydrogen) atoms. The molecule has 0 radical (unpaired) electrons. The van der Waals surface area contributed by atoms with Crippen molar-refractivity contribution in [3.63, 3.8) is 0 Å². The standard InChI is InChI=1S/C37H41ClFN3O7S/c1-5-6-20-40-37(44)32(21-26-12-8-7-9-13-26)41(24-27-14-10-11-15-30(27)39)36(43)25-42(31-22-28(38)16-18-33(31)47-2)50(45,46)29-17-19-34(48-3)35(23-29)49-4/h7-19,22-23,32H,5-6,20-21,24-25H2,1-4H3,(H,40,44)/t32-/m1/s1. The molecule has 0 bridgehead atoms. The van der Waals surface area contributed by atoms with Crippen LogP contribution in [0.15, 0.2) is 95.9 Å². The number of sulfonamides is 1. The average molecular weight is 726 g/mol. The molecule has 0 heterocycles. The van der Waals surface area contributed by atoms with E-state index in [4.69, 9.17) is 25.8 Å². The number of nitrogens with zero attached hydrogens (tertiary/aromatic N) is 2. The van der Waals surface area contributed by atoms with Gasteiger partial charge in [0.05, 0.1) is 31.9 Å². The van der Waals surface area contributed by atoms with Gasteiger partial charge in [-0.05, 0) is 48.4 Å². The first-order valence-electron chi connectivity index (χ1n) is 16.0. The first-order chi connectivity index (χ1) is 24.0. The molecule has 13 heteroatoms. The summed E-state index contributed by atoms with van der Waals surface area (Å²) < 4.78 is 61.3. The molecule has 0 aliphatic rings. The number of carbonyl (C=O) groups is 2.